The van der Waals surface area contributed by atoms with Crippen molar-refractivity contribution in [2.75, 3.05) is 17.6 Å². The van der Waals surface area contributed by atoms with E-state index in [-0.39, 0.29) is 6.03 Å². The van der Waals surface area contributed by atoms with Gasteiger partial charge in [-0.1, -0.05) is 26.7 Å². The van der Waals surface area contributed by atoms with Crippen LogP contribution in [0.1, 0.15) is 38.7 Å². The Morgan fingerprint density at radius 2 is 1.84 bits per heavy atom. The molecule has 2 rings (SSSR count). The molecule has 5 heteroatoms. The molecule has 0 fully saturated rings. The van der Waals surface area contributed by atoms with E-state index in [1.54, 1.807) is 12.1 Å². The summed E-state index contributed by atoms with van der Waals surface area (Å²) in [5.74, 6) is 1.51. The summed E-state index contributed by atoms with van der Waals surface area (Å²) in [6.07, 6.45) is 4.06. The van der Waals surface area contributed by atoms with Gasteiger partial charge in [-0.3, -0.25) is 0 Å². The van der Waals surface area contributed by atoms with Crippen molar-refractivity contribution in [3.63, 3.8) is 0 Å². The highest BCUT2D eigenvalue weighted by atomic mass is 16.5. The molecule has 2 aromatic carbocycles. The lowest BCUT2D eigenvalue weighted by Crippen LogP contribution is -2.29. The zero-order valence-corrected chi connectivity index (χ0v) is 15.0. The van der Waals surface area contributed by atoms with E-state index in [1.807, 2.05) is 30.3 Å². The first-order valence-corrected chi connectivity index (χ1v) is 8.83. The number of hydrogen-bond acceptors (Lipinski definition) is 3. The second-order valence-corrected chi connectivity index (χ2v) is 5.94. The number of urea groups is 1. The van der Waals surface area contributed by atoms with Crippen LogP contribution in [-0.2, 0) is 6.42 Å². The van der Waals surface area contributed by atoms with Crippen LogP contribution < -0.4 is 21.1 Å². The van der Waals surface area contributed by atoms with E-state index in [0.717, 1.165) is 48.4 Å². The normalized spacial score (nSPS) is 10.3. The number of unbranched alkanes of at least 4 members (excludes halogenated alkanes) is 2. The van der Waals surface area contributed by atoms with Crippen LogP contribution in [0.4, 0.5) is 16.2 Å². The fourth-order valence-corrected chi connectivity index (χ4v) is 2.45. The molecule has 25 heavy (non-hydrogen) atoms. The van der Waals surface area contributed by atoms with Crippen LogP contribution in [0.15, 0.2) is 42.5 Å². The van der Waals surface area contributed by atoms with Crippen molar-refractivity contribution in [3.05, 3.63) is 48.0 Å². The van der Waals surface area contributed by atoms with Crippen molar-refractivity contribution in [3.8, 4) is 11.5 Å². The number of aryl methyl sites for hydroxylation is 1. The monoisotopic (exact) mass is 341 g/mol. The lowest BCUT2D eigenvalue weighted by Gasteiger charge is -2.13. The van der Waals surface area contributed by atoms with Crippen LogP contribution in [0, 0.1) is 0 Å². The van der Waals surface area contributed by atoms with Crippen LogP contribution in [0.5, 0.6) is 11.5 Å². The molecule has 2 amide bonds. The van der Waals surface area contributed by atoms with Crippen molar-refractivity contribution >= 4 is 17.4 Å². The molecular weight excluding hydrogens is 314 g/mol. The first-order valence-electron chi connectivity index (χ1n) is 8.83. The fraction of sp³-hybridized carbons (Fsp3) is 0.350. The predicted molar refractivity (Wildman–Crippen MR) is 103 cm³/mol. The van der Waals surface area contributed by atoms with Gasteiger partial charge in [0.25, 0.3) is 0 Å². The highest BCUT2D eigenvalue weighted by Crippen LogP contribution is 2.28. The van der Waals surface area contributed by atoms with E-state index in [1.165, 1.54) is 0 Å². The summed E-state index contributed by atoms with van der Waals surface area (Å²) in [5.41, 5.74) is 8.18. The van der Waals surface area contributed by atoms with Gasteiger partial charge in [-0.05, 0) is 60.9 Å². The van der Waals surface area contributed by atoms with Crippen molar-refractivity contribution in [2.24, 2.45) is 0 Å². The lowest BCUT2D eigenvalue weighted by atomic mass is 10.1. The van der Waals surface area contributed by atoms with Crippen molar-refractivity contribution in [1.82, 2.24) is 5.32 Å². The molecule has 2 aromatic rings. The summed E-state index contributed by atoms with van der Waals surface area (Å²) < 4.78 is 5.92. The third kappa shape index (κ3) is 6.03. The number of rotatable bonds is 8. The molecule has 0 aliphatic heterocycles. The summed E-state index contributed by atoms with van der Waals surface area (Å²) in [5, 5.41) is 5.74. The number of ether oxygens (including phenoxy) is 1. The Bertz CT molecular complexity index is 684. The summed E-state index contributed by atoms with van der Waals surface area (Å²) in [4.78, 5) is 11.9. The Hall–Kier alpha value is -2.69. The average Bonchev–Trinajstić information content (AvgIpc) is 2.62. The van der Waals surface area contributed by atoms with Gasteiger partial charge in [0, 0.05) is 17.9 Å². The topological polar surface area (TPSA) is 76.4 Å². The number of nitrogen functional groups attached to an aromatic ring is 1. The number of benzene rings is 2. The molecular formula is C20H27N3O2. The first-order chi connectivity index (χ1) is 12.1. The minimum absolute atomic E-state index is 0.176. The minimum Gasteiger partial charge on any atom is -0.457 e. The third-order valence-corrected chi connectivity index (χ3v) is 3.87. The average molecular weight is 341 g/mol. The van der Waals surface area contributed by atoms with Gasteiger partial charge >= 0.3 is 6.03 Å². The van der Waals surface area contributed by atoms with Gasteiger partial charge in [0.15, 0.2) is 0 Å². The second-order valence-electron chi connectivity index (χ2n) is 5.94. The molecule has 0 aliphatic carbocycles. The molecule has 0 bridgehead atoms. The lowest BCUT2D eigenvalue weighted by molar-refractivity contribution is 0.252. The van der Waals surface area contributed by atoms with E-state index in [2.05, 4.69) is 24.5 Å². The summed E-state index contributed by atoms with van der Waals surface area (Å²) in [6.45, 7) is 4.89. The second kappa shape index (κ2) is 9.57. The Kier molecular flexibility index (Phi) is 7.14. The molecule has 0 aromatic heterocycles. The van der Waals surface area contributed by atoms with Gasteiger partial charge in [0.1, 0.15) is 11.5 Å². The van der Waals surface area contributed by atoms with Crippen LogP contribution >= 0.6 is 0 Å². The van der Waals surface area contributed by atoms with Gasteiger partial charge in [-0.15, -0.1) is 0 Å². The predicted octanol–water partition coefficient (Wildman–Crippen LogP) is 4.94. The Balaban J connectivity index is 1.98. The van der Waals surface area contributed by atoms with Crippen molar-refractivity contribution in [2.45, 2.75) is 39.5 Å². The molecule has 0 spiro atoms. The number of nitrogens with two attached hydrogens (primary N) is 1. The maximum atomic E-state index is 11.9. The van der Waals surface area contributed by atoms with Crippen LogP contribution in [0.3, 0.4) is 0 Å². The highest BCUT2D eigenvalue weighted by molar-refractivity contribution is 5.89. The largest absolute Gasteiger partial charge is 0.457 e. The Morgan fingerprint density at radius 3 is 2.52 bits per heavy atom. The maximum Gasteiger partial charge on any atom is 0.319 e. The molecule has 4 N–H and O–H groups in total. The number of hydrogen-bond donors (Lipinski definition) is 3. The minimum atomic E-state index is -0.176. The van der Waals surface area contributed by atoms with E-state index in [0.29, 0.717) is 12.2 Å². The number of anilines is 2. The molecule has 0 heterocycles. The van der Waals surface area contributed by atoms with E-state index >= 15 is 0 Å². The van der Waals surface area contributed by atoms with Gasteiger partial charge < -0.3 is 21.1 Å². The maximum absolute atomic E-state index is 11.9. The Labute approximate surface area is 149 Å². The molecule has 0 unspecified atom stereocenters. The van der Waals surface area contributed by atoms with Gasteiger partial charge in [0.2, 0.25) is 0 Å². The zero-order chi connectivity index (χ0) is 18.1. The van der Waals surface area contributed by atoms with E-state index < -0.39 is 0 Å². The molecule has 0 saturated heterocycles. The fourth-order valence-electron chi connectivity index (χ4n) is 2.45. The number of carbonyl (C=O) groups excluding carboxylic acids is 1. The molecule has 134 valence electrons. The third-order valence-electron chi connectivity index (χ3n) is 3.87. The zero-order valence-electron chi connectivity index (χ0n) is 15.0. The number of nitrogens with one attached hydrogen (secondary N) is 2. The van der Waals surface area contributed by atoms with E-state index in [4.69, 9.17) is 10.5 Å². The van der Waals surface area contributed by atoms with Crippen molar-refractivity contribution < 1.29 is 9.53 Å². The smallest absolute Gasteiger partial charge is 0.319 e. The molecule has 0 atom stereocenters. The van der Waals surface area contributed by atoms with Crippen LogP contribution in [-0.4, -0.2) is 12.6 Å². The SMILES string of the molecule is CCCCCNC(=O)Nc1ccc(Oc2ccc(N)cc2)c(CC)c1. The van der Waals surface area contributed by atoms with E-state index in [9.17, 15) is 4.79 Å². The quantitative estimate of drug-likeness (QED) is 0.470. The number of amides is 2. The molecule has 0 radical (unpaired) electrons. The summed E-state index contributed by atoms with van der Waals surface area (Å²) >= 11 is 0. The Morgan fingerprint density at radius 1 is 1.08 bits per heavy atom. The van der Waals surface area contributed by atoms with Crippen LogP contribution in [0.25, 0.3) is 0 Å². The number of carbonyl (C=O) groups is 1. The first kappa shape index (κ1) is 18.6. The standard InChI is InChI=1S/C20H27N3O2/c1-3-5-6-13-22-20(24)23-17-9-12-19(15(4-2)14-17)25-18-10-7-16(21)8-11-18/h7-12,14H,3-6,13,21H2,1-2H3,(H2,22,23,24). The van der Waals surface area contributed by atoms with Gasteiger partial charge in [-0.25, -0.2) is 4.79 Å². The van der Waals surface area contributed by atoms with Gasteiger partial charge in [0.05, 0.1) is 0 Å². The summed E-state index contributed by atoms with van der Waals surface area (Å²) in [7, 11) is 0. The molecule has 0 aliphatic rings. The van der Waals surface area contributed by atoms with Crippen molar-refractivity contribution in [1.29, 1.82) is 0 Å². The highest BCUT2D eigenvalue weighted by Gasteiger charge is 2.07. The molecule has 5 nitrogen and oxygen atoms in total. The van der Waals surface area contributed by atoms with Gasteiger partial charge in [-0.2, -0.15) is 0 Å². The van der Waals surface area contributed by atoms with Crippen LogP contribution in [0.2, 0.25) is 0 Å². The summed E-state index contributed by atoms with van der Waals surface area (Å²) in [6, 6.07) is 12.8. The molecule has 0 saturated carbocycles.